The van der Waals surface area contributed by atoms with Gasteiger partial charge in [0.05, 0.1) is 16.1 Å². The van der Waals surface area contributed by atoms with E-state index in [0.29, 0.717) is 0 Å². The molecule has 0 unspecified atom stereocenters. The average Bonchev–Trinajstić information content (AvgIpc) is 2.96. The van der Waals surface area contributed by atoms with Crippen molar-refractivity contribution >= 4 is 16.1 Å². The van der Waals surface area contributed by atoms with Crippen molar-refractivity contribution in [1.82, 2.24) is 0 Å². The molecule has 238 valence electrons. The van der Waals surface area contributed by atoms with E-state index < -0.39 is 16.1 Å². The Bertz CT molecular complexity index is 433. The Balaban J connectivity index is 2.10. The van der Waals surface area contributed by atoms with Gasteiger partial charge >= 0.3 is 0 Å². The van der Waals surface area contributed by atoms with Gasteiger partial charge in [0.25, 0.3) is 0 Å². The molecular formula is C38H78Si2. The Morgan fingerprint density at radius 2 is 0.450 bits per heavy atom. The molecule has 0 aromatic carbocycles. The van der Waals surface area contributed by atoms with Gasteiger partial charge in [-0.3, -0.25) is 0 Å². The van der Waals surface area contributed by atoms with Crippen molar-refractivity contribution in [2.75, 3.05) is 0 Å². The third-order valence-electron chi connectivity index (χ3n) is 11.6. The van der Waals surface area contributed by atoms with Crippen LogP contribution in [0.25, 0.3) is 0 Å². The summed E-state index contributed by atoms with van der Waals surface area (Å²) < 4.78 is 0. The Morgan fingerprint density at radius 1 is 0.275 bits per heavy atom. The van der Waals surface area contributed by atoms with Gasteiger partial charge in [0.1, 0.15) is 0 Å². The lowest BCUT2D eigenvalue weighted by atomic mass is 10.1. The van der Waals surface area contributed by atoms with Gasteiger partial charge in [-0.1, -0.05) is 242 Å². The normalized spacial score (nSPS) is 29.6. The van der Waals surface area contributed by atoms with Crippen LogP contribution < -0.4 is 0 Å². The van der Waals surface area contributed by atoms with Crippen LogP contribution in [0.3, 0.4) is 0 Å². The van der Waals surface area contributed by atoms with E-state index in [1.165, 1.54) is 103 Å². The van der Waals surface area contributed by atoms with Crippen LogP contribution in [0, 0.1) is 0 Å². The molecule has 3 saturated heterocycles. The van der Waals surface area contributed by atoms with Crippen molar-refractivity contribution in [2.45, 2.75) is 242 Å². The van der Waals surface area contributed by atoms with Gasteiger partial charge < -0.3 is 0 Å². The maximum absolute atomic E-state index is 2.45. The standard InChI is InChI=1S/C38H78Si2/c1-3-5-31-39-33-25-19-13-7-10-16-22-28-36-40(32-6-4-2,37-29-23-17-11-8-14-20-26-34-39)38-30-24-18-12-9-15-21-27-35-39/h3-38H2,1-2H3. The highest BCUT2D eigenvalue weighted by atomic mass is 28.3. The molecule has 3 rings (SSSR count). The molecular weight excluding hydrogens is 513 g/mol. The van der Waals surface area contributed by atoms with Gasteiger partial charge in [-0.15, -0.1) is 0 Å². The quantitative estimate of drug-likeness (QED) is 0.270. The minimum Gasteiger partial charge on any atom is -0.0654 e. The van der Waals surface area contributed by atoms with E-state index in [1.807, 2.05) is 0 Å². The summed E-state index contributed by atoms with van der Waals surface area (Å²) in [5.41, 5.74) is 0. The fourth-order valence-electron chi connectivity index (χ4n) is 8.79. The van der Waals surface area contributed by atoms with E-state index in [-0.39, 0.29) is 0 Å². The van der Waals surface area contributed by atoms with Gasteiger partial charge in [0.15, 0.2) is 0 Å². The highest BCUT2D eigenvalue weighted by Crippen LogP contribution is 2.37. The Hall–Kier alpha value is 0.434. The van der Waals surface area contributed by atoms with Crippen molar-refractivity contribution in [3.8, 4) is 0 Å². The van der Waals surface area contributed by atoms with Gasteiger partial charge in [-0.2, -0.15) is 0 Å². The van der Waals surface area contributed by atoms with E-state index in [0.717, 1.165) is 0 Å². The largest absolute Gasteiger partial charge is 0.0654 e. The summed E-state index contributed by atoms with van der Waals surface area (Å²) in [6, 6.07) is 13.5. The first-order valence-corrected chi connectivity index (χ1v) is 25.4. The Kier molecular flexibility index (Phi) is 22.7. The summed E-state index contributed by atoms with van der Waals surface area (Å²) in [5, 5.41) is 0. The summed E-state index contributed by atoms with van der Waals surface area (Å²) in [6.45, 7) is 4.90. The van der Waals surface area contributed by atoms with Gasteiger partial charge in [-0.25, -0.2) is 0 Å². The number of rotatable bonds is 6. The molecule has 0 atom stereocenters. The molecule has 0 aromatic rings. The minimum absolute atomic E-state index is 1.07. The Labute approximate surface area is 257 Å². The maximum atomic E-state index is 2.45. The van der Waals surface area contributed by atoms with Crippen molar-refractivity contribution in [2.24, 2.45) is 0 Å². The summed E-state index contributed by atoms with van der Waals surface area (Å²) in [6.07, 6.45) is 43.1. The average molecular weight is 591 g/mol. The van der Waals surface area contributed by atoms with Crippen LogP contribution in [-0.2, 0) is 0 Å². The number of hydrogen-bond acceptors (Lipinski definition) is 0. The summed E-state index contributed by atoms with van der Waals surface area (Å²) in [5.74, 6) is 0. The zero-order valence-corrected chi connectivity index (χ0v) is 30.5. The smallest absolute Gasteiger partial charge is 0.0535 e. The van der Waals surface area contributed by atoms with Crippen LogP contribution in [-0.4, -0.2) is 16.1 Å². The lowest BCUT2D eigenvalue weighted by Gasteiger charge is -2.33. The molecule has 3 aliphatic heterocycles. The minimum atomic E-state index is -1.07. The van der Waals surface area contributed by atoms with Gasteiger partial charge in [-0.05, 0) is 0 Å². The second-order valence-corrected chi connectivity index (χ2v) is 25.2. The molecule has 40 heavy (non-hydrogen) atoms. The van der Waals surface area contributed by atoms with Crippen LogP contribution in [0.1, 0.15) is 194 Å². The first-order valence-electron chi connectivity index (χ1n) is 19.7. The summed E-state index contributed by atoms with van der Waals surface area (Å²) >= 11 is 0. The predicted molar refractivity (Wildman–Crippen MR) is 191 cm³/mol. The van der Waals surface area contributed by atoms with Crippen LogP contribution in [0.5, 0.6) is 0 Å². The van der Waals surface area contributed by atoms with Crippen LogP contribution in [0.4, 0.5) is 0 Å². The molecule has 0 N–H and O–H groups in total. The first kappa shape index (κ1) is 36.6. The van der Waals surface area contributed by atoms with Crippen LogP contribution in [0.15, 0.2) is 0 Å². The van der Waals surface area contributed by atoms with Crippen LogP contribution >= 0.6 is 0 Å². The molecule has 0 aliphatic carbocycles. The Morgan fingerprint density at radius 3 is 0.625 bits per heavy atom. The second kappa shape index (κ2) is 24.8. The monoisotopic (exact) mass is 591 g/mol. The molecule has 3 heterocycles. The SMILES string of the molecule is CCCC[Si]12CCCCCCCCCC[Si](CCCC)(CCCCCCCCCC1)CCCCCCCCCC2. The molecule has 0 nitrogen and oxygen atoms in total. The lowest BCUT2D eigenvalue weighted by Crippen LogP contribution is -2.34. The molecule has 3 fully saturated rings. The second-order valence-electron chi connectivity index (χ2n) is 15.2. The number of fused-ring (bicyclic) bond motifs is 27. The van der Waals surface area contributed by atoms with E-state index >= 15 is 0 Å². The zero-order chi connectivity index (χ0) is 28.5. The highest BCUT2D eigenvalue weighted by molar-refractivity contribution is 6.80. The van der Waals surface area contributed by atoms with E-state index in [4.69, 9.17) is 0 Å². The van der Waals surface area contributed by atoms with Crippen molar-refractivity contribution in [3.05, 3.63) is 0 Å². The van der Waals surface area contributed by atoms with Crippen molar-refractivity contribution < 1.29 is 0 Å². The maximum Gasteiger partial charge on any atom is 0.0535 e. The van der Waals surface area contributed by atoms with Crippen molar-refractivity contribution in [3.63, 3.8) is 0 Å². The first-order chi connectivity index (χ1) is 19.7. The summed E-state index contributed by atoms with van der Waals surface area (Å²) in [7, 11) is -2.13. The van der Waals surface area contributed by atoms with Gasteiger partial charge in [0.2, 0.25) is 0 Å². The fraction of sp³-hybridized carbons (Fsp3) is 1.00. The van der Waals surface area contributed by atoms with E-state index in [1.54, 1.807) is 125 Å². The fourth-order valence-corrected chi connectivity index (χ4v) is 20.0. The lowest BCUT2D eigenvalue weighted by molar-refractivity contribution is 0.564. The van der Waals surface area contributed by atoms with Crippen LogP contribution in [0.2, 0.25) is 48.4 Å². The third kappa shape index (κ3) is 17.5. The van der Waals surface area contributed by atoms with E-state index in [9.17, 15) is 0 Å². The molecule has 0 spiro atoms. The summed E-state index contributed by atoms with van der Waals surface area (Å²) in [4.78, 5) is 0. The van der Waals surface area contributed by atoms with Gasteiger partial charge in [0, 0.05) is 0 Å². The molecule has 0 aromatic heterocycles. The zero-order valence-electron chi connectivity index (χ0n) is 28.5. The molecule has 0 radical (unpaired) electrons. The topological polar surface area (TPSA) is 0 Å². The predicted octanol–water partition coefficient (Wildman–Crippen LogP) is 14.9. The molecule has 3 aliphatic rings. The highest BCUT2D eigenvalue weighted by Gasteiger charge is 2.31. The van der Waals surface area contributed by atoms with Crippen molar-refractivity contribution in [1.29, 1.82) is 0 Å². The molecule has 2 heteroatoms. The van der Waals surface area contributed by atoms with E-state index in [2.05, 4.69) is 13.8 Å². The molecule has 0 amide bonds. The number of hydrogen-bond donors (Lipinski definition) is 0. The third-order valence-corrected chi connectivity index (χ3v) is 22.9. The molecule has 0 saturated carbocycles. The number of unbranched alkanes of at least 4 members (excludes halogenated alkanes) is 2. The molecule has 2 bridgehead atoms.